The Morgan fingerprint density at radius 1 is 1.17 bits per heavy atom. The average Bonchev–Trinajstić information content (AvgIpc) is 3.10. The van der Waals surface area contributed by atoms with E-state index in [1.807, 2.05) is 55.6 Å². The molecule has 2 aliphatic rings. The number of fused-ring (bicyclic) bond motifs is 3. The number of carbonyl (C=O) groups is 1. The molecule has 2 aromatic rings. The monoisotopic (exact) mass is 393 g/mol. The molecule has 0 saturated carbocycles. The fraction of sp³-hybridized carbons (Fsp3) is 0.435. The predicted molar refractivity (Wildman–Crippen MR) is 111 cm³/mol. The molecule has 0 N–H and O–H groups in total. The first-order chi connectivity index (χ1) is 14.2. The number of hydrogen-bond donors (Lipinski definition) is 0. The summed E-state index contributed by atoms with van der Waals surface area (Å²) < 4.78 is 11.5. The van der Waals surface area contributed by atoms with Crippen molar-refractivity contribution in [3.63, 3.8) is 0 Å². The smallest absolute Gasteiger partial charge is 0.323 e. The van der Waals surface area contributed by atoms with Crippen LogP contribution in [0.15, 0.2) is 58.8 Å². The summed E-state index contributed by atoms with van der Waals surface area (Å²) in [7, 11) is 2.00. The molecule has 3 atom stereocenters. The molecule has 6 heteroatoms. The van der Waals surface area contributed by atoms with Crippen LogP contribution in [0, 0.1) is 5.92 Å². The van der Waals surface area contributed by atoms with Crippen LogP contribution in [0.5, 0.6) is 5.75 Å². The van der Waals surface area contributed by atoms with E-state index in [1.165, 1.54) is 0 Å². The van der Waals surface area contributed by atoms with Crippen LogP contribution in [0.4, 0.5) is 11.4 Å². The highest BCUT2D eigenvalue weighted by molar-refractivity contribution is 5.76. The molecular formula is C23H27N3O3. The predicted octanol–water partition coefficient (Wildman–Crippen LogP) is 5.20. The van der Waals surface area contributed by atoms with Crippen molar-refractivity contribution >= 4 is 17.3 Å². The van der Waals surface area contributed by atoms with E-state index in [4.69, 9.17) is 9.47 Å². The van der Waals surface area contributed by atoms with Gasteiger partial charge in [-0.05, 0) is 50.2 Å². The minimum absolute atomic E-state index is 0.120. The molecule has 2 heterocycles. The summed E-state index contributed by atoms with van der Waals surface area (Å²) >= 11 is 0. The van der Waals surface area contributed by atoms with Gasteiger partial charge < -0.3 is 9.47 Å². The summed E-state index contributed by atoms with van der Waals surface area (Å²) in [5.74, 6) is 0.992. The maximum Gasteiger partial charge on any atom is 0.323 e. The Morgan fingerprint density at radius 2 is 1.97 bits per heavy atom. The molecule has 0 aliphatic carbocycles. The van der Waals surface area contributed by atoms with Gasteiger partial charge in [-0.3, -0.25) is 9.69 Å². The summed E-state index contributed by atoms with van der Waals surface area (Å²) in [6.07, 6.45) is 2.67. The maximum atomic E-state index is 12.6. The largest absolute Gasteiger partial charge is 0.493 e. The number of unbranched alkanes of at least 4 members (excludes halogenated alkanes) is 1. The number of likely N-dealkylation sites (tertiary alicyclic amines) is 1. The van der Waals surface area contributed by atoms with Crippen molar-refractivity contribution < 1.29 is 14.3 Å². The van der Waals surface area contributed by atoms with Gasteiger partial charge >= 0.3 is 5.97 Å². The van der Waals surface area contributed by atoms with Crippen LogP contribution >= 0.6 is 0 Å². The van der Waals surface area contributed by atoms with Gasteiger partial charge in [0.15, 0.2) is 0 Å². The third-order valence-electron chi connectivity index (χ3n) is 5.72. The number of esters is 1. The van der Waals surface area contributed by atoms with Crippen molar-refractivity contribution in [3.05, 3.63) is 54.1 Å². The quantitative estimate of drug-likeness (QED) is 0.384. The third-order valence-corrected chi connectivity index (χ3v) is 5.72. The number of nitrogens with zero attached hydrogens (tertiary/aromatic N) is 3. The first kappa shape index (κ1) is 19.6. The zero-order valence-electron chi connectivity index (χ0n) is 17.0. The van der Waals surface area contributed by atoms with E-state index >= 15 is 0 Å². The number of likely N-dealkylation sites (N-methyl/N-ethyl adjacent to an activating group) is 1. The first-order valence-corrected chi connectivity index (χ1v) is 10.3. The van der Waals surface area contributed by atoms with Gasteiger partial charge in [0.2, 0.25) is 0 Å². The number of ether oxygens (including phenoxy) is 2. The number of azo groups is 1. The fourth-order valence-electron chi connectivity index (χ4n) is 4.18. The van der Waals surface area contributed by atoms with Gasteiger partial charge in [0, 0.05) is 17.5 Å². The third kappa shape index (κ3) is 4.17. The molecule has 4 rings (SSSR count). The lowest BCUT2D eigenvalue weighted by atomic mass is 9.91. The van der Waals surface area contributed by atoms with Crippen molar-refractivity contribution in [1.29, 1.82) is 0 Å². The molecule has 0 spiro atoms. The molecule has 0 radical (unpaired) electrons. The van der Waals surface area contributed by atoms with Crippen molar-refractivity contribution in [2.75, 3.05) is 20.3 Å². The normalized spacial score (nSPS) is 23.4. The molecule has 1 fully saturated rings. The van der Waals surface area contributed by atoms with Crippen molar-refractivity contribution in [1.82, 2.24) is 4.90 Å². The van der Waals surface area contributed by atoms with E-state index in [0.717, 1.165) is 42.0 Å². The Kier molecular flexibility index (Phi) is 5.90. The van der Waals surface area contributed by atoms with Crippen LogP contribution < -0.4 is 4.74 Å². The van der Waals surface area contributed by atoms with Gasteiger partial charge in [-0.15, -0.1) is 0 Å². The SMILES string of the molecule is CCCCOC(=O)[C@H]1C[C@@H]2COc3ccc(N=Nc4ccccc4)cc3[C@@H]2N1C. The van der Waals surface area contributed by atoms with E-state index in [1.54, 1.807) is 0 Å². The van der Waals surface area contributed by atoms with Crippen LogP contribution in [-0.4, -0.2) is 37.2 Å². The Bertz CT molecular complexity index is 884. The molecule has 2 aromatic carbocycles. The zero-order valence-corrected chi connectivity index (χ0v) is 17.0. The summed E-state index contributed by atoms with van der Waals surface area (Å²) in [4.78, 5) is 14.7. The van der Waals surface area contributed by atoms with E-state index in [-0.39, 0.29) is 24.0 Å². The molecule has 1 saturated heterocycles. The second-order valence-electron chi connectivity index (χ2n) is 7.71. The van der Waals surface area contributed by atoms with Gasteiger partial charge in [0.25, 0.3) is 0 Å². The van der Waals surface area contributed by atoms with Gasteiger partial charge in [0.1, 0.15) is 11.8 Å². The molecule has 0 aromatic heterocycles. The first-order valence-electron chi connectivity index (χ1n) is 10.3. The minimum atomic E-state index is -0.231. The van der Waals surface area contributed by atoms with E-state index in [9.17, 15) is 4.79 Å². The lowest BCUT2D eigenvalue weighted by Crippen LogP contribution is -2.36. The highest BCUT2D eigenvalue weighted by Crippen LogP contribution is 2.47. The van der Waals surface area contributed by atoms with Crippen molar-refractivity contribution in [3.8, 4) is 5.75 Å². The van der Waals surface area contributed by atoms with Gasteiger partial charge in [-0.2, -0.15) is 10.2 Å². The van der Waals surface area contributed by atoms with Crippen LogP contribution in [0.1, 0.15) is 37.8 Å². The average molecular weight is 393 g/mol. The van der Waals surface area contributed by atoms with Crippen LogP contribution in [0.25, 0.3) is 0 Å². The Balaban J connectivity index is 1.53. The molecule has 0 unspecified atom stereocenters. The Hall–Kier alpha value is -2.73. The van der Waals surface area contributed by atoms with E-state index in [0.29, 0.717) is 13.2 Å². The molecule has 0 bridgehead atoms. The standard InChI is InChI=1S/C23H27N3O3/c1-3-4-12-28-23(27)20-13-16-15-29-21-11-10-18(14-19(21)22(16)26(20)2)25-24-17-8-6-5-7-9-17/h5-11,14,16,20,22H,3-4,12-13,15H2,1-2H3/t16-,20-,22-/m1/s1. The molecular weight excluding hydrogens is 366 g/mol. The molecule has 152 valence electrons. The van der Waals surface area contributed by atoms with Gasteiger partial charge in [-0.25, -0.2) is 0 Å². The van der Waals surface area contributed by atoms with Crippen LogP contribution in [-0.2, 0) is 9.53 Å². The molecule has 29 heavy (non-hydrogen) atoms. The van der Waals surface area contributed by atoms with Crippen LogP contribution in [0.2, 0.25) is 0 Å². The molecule has 0 amide bonds. The second kappa shape index (κ2) is 8.74. The summed E-state index contributed by atoms with van der Waals surface area (Å²) in [6, 6.07) is 15.4. The Morgan fingerprint density at radius 3 is 2.76 bits per heavy atom. The highest BCUT2D eigenvalue weighted by atomic mass is 16.5. The van der Waals surface area contributed by atoms with Gasteiger partial charge in [-0.1, -0.05) is 31.5 Å². The minimum Gasteiger partial charge on any atom is -0.493 e. The van der Waals surface area contributed by atoms with Gasteiger partial charge in [0.05, 0.1) is 24.6 Å². The summed E-state index contributed by atoms with van der Waals surface area (Å²) in [5.41, 5.74) is 2.66. The summed E-state index contributed by atoms with van der Waals surface area (Å²) in [6.45, 7) is 3.20. The van der Waals surface area contributed by atoms with Crippen LogP contribution in [0.3, 0.4) is 0 Å². The lowest BCUT2D eigenvalue weighted by Gasteiger charge is -2.32. The number of rotatable bonds is 6. The number of hydrogen-bond acceptors (Lipinski definition) is 6. The van der Waals surface area contributed by atoms with E-state index in [2.05, 4.69) is 22.1 Å². The number of carbonyl (C=O) groups excluding carboxylic acids is 1. The lowest BCUT2D eigenvalue weighted by molar-refractivity contribution is -0.149. The van der Waals surface area contributed by atoms with E-state index < -0.39 is 0 Å². The fourth-order valence-corrected chi connectivity index (χ4v) is 4.18. The summed E-state index contributed by atoms with van der Waals surface area (Å²) in [5, 5.41) is 8.70. The molecule has 2 aliphatic heterocycles. The zero-order chi connectivity index (χ0) is 20.2. The second-order valence-corrected chi connectivity index (χ2v) is 7.71. The Labute approximate surface area is 171 Å². The topological polar surface area (TPSA) is 63.5 Å². The molecule has 6 nitrogen and oxygen atoms in total. The highest BCUT2D eigenvalue weighted by Gasteiger charge is 2.47. The van der Waals surface area contributed by atoms with Crippen molar-refractivity contribution in [2.45, 2.75) is 38.3 Å². The maximum absolute atomic E-state index is 12.6. The van der Waals surface area contributed by atoms with Crippen molar-refractivity contribution in [2.24, 2.45) is 16.1 Å². The number of benzene rings is 2.